The van der Waals surface area contributed by atoms with Gasteiger partial charge in [-0.3, -0.25) is 4.79 Å². The summed E-state index contributed by atoms with van der Waals surface area (Å²) < 4.78 is 44.1. The molecule has 8 heteroatoms. The zero-order valence-corrected chi connectivity index (χ0v) is 15.4. The van der Waals surface area contributed by atoms with Crippen LogP contribution in [0.5, 0.6) is 0 Å². The molecule has 25 heavy (non-hydrogen) atoms. The maximum Gasteiger partial charge on any atom is 0.227 e. The van der Waals surface area contributed by atoms with Crippen LogP contribution in [-0.2, 0) is 19.6 Å². The van der Waals surface area contributed by atoms with Gasteiger partial charge in [0.05, 0.1) is 24.9 Å². The Hall–Kier alpha value is -1.51. The van der Waals surface area contributed by atoms with Crippen LogP contribution in [0.15, 0.2) is 24.3 Å². The van der Waals surface area contributed by atoms with Crippen LogP contribution in [0.4, 0.5) is 4.39 Å². The van der Waals surface area contributed by atoms with E-state index in [0.717, 1.165) is 0 Å². The van der Waals surface area contributed by atoms with Crippen molar-refractivity contribution in [3.05, 3.63) is 35.6 Å². The average molecular weight is 372 g/mol. The second-order valence-corrected chi connectivity index (χ2v) is 8.48. The number of hydrogen-bond donors (Lipinski definition) is 1. The second kappa shape index (κ2) is 8.73. The van der Waals surface area contributed by atoms with E-state index in [-0.39, 0.29) is 29.9 Å². The van der Waals surface area contributed by atoms with Crippen molar-refractivity contribution in [2.75, 3.05) is 38.6 Å². The van der Waals surface area contributed by atoms with Crippen LogP contribution >= 0.6 is 0 Å². The molecule has 0 aliphatic carbocycles. The number of benzene rings is 1. The van der Waals surface area contributed by atoms with Crippen molar-refractivity contribution < 1.29 is 22.3 Å². The Morgan fingerprint density at radius 3 is 2.40 bits per heavy atom. The maximum absolute atomic E-state index is 13.1. The summed E-state index contributed by atoms with van der Waals surface area (Å²) in [7, 11) is -3.41. The molecule has 0 spiro atoms. The standard InChI is InChI=1S/C17H25FN2O4S/c1-13(2)16(14-3-5-15(18)6-4-14)17(21)19-7-12-25(22,23)20-8-10-24-11-9-20/h3-6,13,16H,7-12H2,1-2H3,(H,19,21). The zero-order chi connectivity index (χ0) is 18.4. The summed E-state index contributed by atoms with van der Waals surface area (Å²) in [4.78, 5) is 12.5. The molecule has 0 saturated carbocycles. The Bertz CT molecular complexity index is 670. The molecule has 1 aromatic rings. The molecule has 1 atom stereocenters. The lowest BCUT2D eigenvalue weighted by atomic mass is 9.87. The number of halogens is 1. The van der Waals surface area contributed by atoms with Crippen molar-refractivity contribution in [3.63, 3.8) is 0 Å². The first-order chi connectivity index (χ1) is 11.8. The van der Waals surface area contributed by atoms with Crippen LogP contribution < -0.4 is 5.32 Å². The highest BCUT2D eigenvalue weighted by atomic mass is 32.2. The molecule has 6 nitrogen and oxygen atoms in total. The zero-order valence-electron chi connectivity index (χ0n) is 14.6. The van der Waals surface area contributed by atoms with Gasteiger partial charge in [-0.25, -0.2) is 12.8 Å². The van der Waals surface area contributed by atoms with E-state index in [1.54, 1.807) is 12.1 Å². The van der Waals surface area contributed by atoms with Crippen LogP contribution in [0.3, 0.4) is 0 Å². The van der Waals surface area contributed by atoms with Crippen molar-refractivity contribution in [2.45, 2.75) is 19.8 Å². The van der Waals surface area contributed by atoms with Gasteiger partial charge >= 0.3 is 0 Å². The van der Waals surface area contributed by atoms with E-state index in [1.807, 2.05) is 13.8 Å². The molecule has 140 valence electrons. The smallest absolute Gasteiger partial charge is 0.227 e. The number of ether oxygens (including phenoxy) is 1. The summed E-state index contributed by atoms with van der Waals surface area (Å²) in [5.74, 6) is -1.21. The molecule has 0 aromatic heterocycles. The Morgan fingerprint density at radius 2 is 1.84 bits per heavy atom. The first-order valence-corrected chi connectivity index (χ1v) is 10.0. The summed E-state index contributed by atoms with van der Waals surface area (Å²) in [5, 5.41) is 2.70. The van der Waals surface area contributed by atoms with Gasteiger partial charge in [-0.1, -0.05) is 26.0 Å². The fraction of sp³-hybridized carbons (Fsp3) is 0.588. The van der Waals surface area contributed by atoms with E-state index in [1.165, 1.54) is 16.4 Å². The van der Waals surface area contributed by atoms with E-state index >= 15 is 0 Å². The van der Waals surface area contributed by atoms with E-state index in [2.05, 4.69) is 5.32 Å². The largest absolute Gasteiger partial charge is 0.379 e. The molecule has 1 aromatic carbocycles. The number of morpholine rings is 1. The van der Waals surface area contributed by atoms with Gasteiger partial charge in [-0.05, 0) is 23.6 Å². The SMILES string of the molecule is CC(C)C(C(=O)NCCS(=O)(=O)N1CCOCC1)c1ccc(F)cc1. The summed E-state index contributed by atoms with van der Waals surface area (Å²) in [6, 6.07) is 5.82. The lowest BCUT2D eigenvalue weighted by Crippen LogP contribution is -2.44. The fourth-order valence-corrected chi connectivity index (χ4v) is 4.20. The van der Waals surface area contributed by atoms with Crippen LogP contribution in [0, 0.1) is 11.7 Å². The predicted molar refractivity (Wildman–Crippen MR) is 93.2 cm³/mol. The third kappa shape index (κ3) is 5.49. The summed E-state index contributed by atoms with van der Waals surface area (Å²) >= 11 is 0. The first-order valence-electron chi connectivity index (χ1n) is 8.40. The van der Waals surface area contributed by atoms with Gasteiger partial charge in [-0.15, -0.1) is 0 Å². The van der Waals surface area contributed by atoms with Crippen LogP contribution in [0.2, 0.25) is 0 Å². The Morgan fingerprint density at radius 1 is 1.24 bits per heavy atom. The lowest BCUT2D eigenvalue weighted by Gasteiger charge is -2.26. The first kappa shape index (κ1) is 19.8. The van der Waals surface area contributed by atoms with Crippen molar-refractivity contribution in [1.29, 1.82) is 0 Å². The summed E-state index contributed by atoms with van der Waals surface area (Å²) in [6.07, 6.45) is 0. The molecular weight excluding hydrogens is 347 g/mol. The molecule has 1 saturated heterocycles. The average Bonchev–Trinajstić information content (AvgIpc) is 2.57. The van der Waals surface area contributed by atoms with Crippen LogP contribution in [0.25, 0.3) is 0 Å². The molecule has 1 aliphatic heterocycles. The summed E-state index contributed by atoms with van der Waals surface area (Å²) in [6.45, 7) is 5.33. The van der Waals surface area contributed by atoms with Crippen LogP contribution in [-0.4, -0.2) is 57.2 Å². The predicted octanol–water partition coefficient (Wildman–Crippen LogP) is 1.34. The highest BCUT2D eigenvalue weighted by molar-refractivity contribution is 7.89. The molecule has 0 radical (unpaired) electrons. The van der Waals surface area contributed by atoms with E-state index in [9.17, 15) is 17.6 Å². The molecule has 1 fully saturated rings. The number of nitrogens with one attached hydrogen (secondary N) is 1. The number of amides is 1. The Labute approximate surface area is 148 Å². The third-order valence-corrected chi connectivity index (χ3v) is 6.07. The number of sulfonamides is 1. The molecular formula is C17H25FN2O4S. The minimum Gasteiger partial charge on any atom is -0.379 e. The highest BCUT2D eigenvalue weighted by Crippen LogP contribution is 2.24. The van der Waals surface area contributed by atoms with Gasteiger partial charge < -0.3 is 10.1 Å². The molecule has 1 amide bonds. The minimum atomic E-state index is -3.41. The minimum absolute atomic E-state index is 0.00121. The number of carbonyl (C=O) groups excluding carboxylic acids is 1. The maximum atomic E-state index is 13.1. The van der Waals surface area contributed by atoms with Crippen molar-refractivity contribution in [2.24, 2.45) is 5.92 Å². The van der Waals surface area contributed by atoms with Gasteiger partial charge in [0.2, 0.25) is 15.9 Å². The highest BCUT2D eigenvalue weighted by Gasteiger charge is 2.26. The topological polar surface area (TPSA) is 75.7 Å². The molecule has 1 aliphatic rings. The second-order valence-electron chi connectivity index (χ2n) is 6.39. The normalized spacial score (nSPS) is 17.4. The number of hydrogen-bond acceptors (Lipinski definition) is 4. The Balaban J connectivity index is 1.94. The van der Waals surface area contributed by atoms with E-state index < -0.39 is 15.9 Å². The van der Waals surface area contributed by atoms with Gasteiger partial charge in [0.15, 0.2) is 0 Å². The quantitative estimate of drug-likeness (QED) is 0.784. The number of nitrogens with zero attached hydrogens (tertiary/aromatic N) is 1. The molecule has 1 heterocycles. The van der Waals surface area contributed by atoms with Gasteiger partial charge in [0.25, 0.3) is 0 Å². The van der Waals surface area contributed by atoms with Crippen molar-refractivity contribution in [3.8, 4) is 0 Å². The van der Waals surface area contributed by atoms with Gasteiger partial charge in [0.1, 0.15) is 5.82 Å². The molecule has 1 N–H and O–H groups in total. The fourth-order valence-electron chi connectivity index (χ4n) is 2.88. The number of rotatable bonds is 7. The van der Waals surface area contributed by atoms with Crippen LogP contribution in [0.1, 0.15) is 25.3 Å². The number of carbonyl (C=O) groups is 1. The summed E-state index contributed by atoms with van der Waals surface area (Å²) in [5.41, 5.74) is 0.713. The van der Waals surface area contributed by atoms with Gasteiger partial charge in [-0.2, -0.15) is 4.31 Å². The molecule has 0 bridgehead atoms. The Kier molecular flexibility index (Phi) is 6.92. The lowest BCUT2D eigenvalue weighted by molar-refractivity contribution is -0.123. The molecule has 2 rings (SSSR count). The monoisotopic (exact) mass is 372 g/mol. The van der Waals surface area contributed by atoms with E-state index in [0.29, 0.717) is 31.9 Å². The molecule has 1 unspecified atom stereocenters. The third-order valence-electron chi connectivity index (χ3n) is 4.20. The van der Waals surface area contributed by atoms with E-state index in [4.69, 9.17) is 4.74 Å². The van der Waals surface area contributed by atoms with Crippen molar-refractivity contribution in [1.82, 2.24) is 9.62 Å². The van der Waals surface area contributed by atoms with Crippen molar-refractivity contribution >= 4 is 15.9 Å². The van der Waals surface area contributed by atoms with Gasteiger partial charge in [0, 0.05) is 19.6 Å².